The van der Waals surface area contributed by atoms with Gasteiger partial charge in [-0.05, 0) is 55.7 Å². The largest absolute Gasteiger partial charge is 0.484 e. The quantitative estimate of drug-likeness (QED) is 0.799. The van der Waals surface area contributed by atoms with Gasteiger partial charge in [0.15, 0.2) is 6.61 Å². The normalized spacial score (nSPS) is 14.4. The summed E-state index contributed by atoms with van der Waals surface area (Å²) in [6.45, 7) is 3.04. The maximum atomic E-state index is 12.3. The van der Waals surface area contributed by atoms with E-state index in [4.69, 9.17) is 16.3 Å². The summed E-state index contributed by atoms with van der Waals surface area (Å²) in [5.74, 6) is 0.448. The first-order valence-electron chi connectivity index (χ1n) is 9.30. The maximum absolute atomic E-state index is 12.3. The van der Waals surface area contributed by atoms with E-state index in [9.17, 15) is 9.59 Å². The first-order chi connectivity index (χ1) is 13.5. The zero-order valence-electron chi connectivity index (χ0n) is 15.8. The van der Waals surface area contributed by atoms with E-state index in [-0.39, 0.29) is 24.6 Å². The van der Waals surface area contributed by atoms with Crippen LogP contribution in [0.1, 0.15) is 18.4 Å². The predicted molar refractivity (Wildman–Crippen MR) is 110 cm³/mol. The average Bonchev–Trinajstić information content (AvgIpc) is 2.70. The number of ether oxygens (including phenoxy) is 1. The summed E-state index contributed by atoms with van der Waals surface area (Å²) in [5, 5.41) is 6.53. The third kappa shape index (κ3) is 5.63. The molecule has 1 aliphatic heterocycles. The summed E-state index contributed by atoms with van der Waals surface area (Å²) in [7, 11) is 0. The molecule has 2 N–H and O–H groups in total. The highest BCUT2D eigenvalue weighted by atomic mass is 35.5. The van der Waals surface area contributed by atoms with Gasteiger partial charge in [-0.15, -0.1) is 0 Å². The van der Waals surface area contributed by atoms with Crippen molar-refractivity contribution in [3.05, 3.63) is 59.1 Å². The lowest BCUT2D eigenvalue weighted by Gasteiger charge is -2.32. The Hall–Kier alpha value is -2.73. The van der Waals surface area contributed by atoms with Crippen molar-refractivity contribution < 1.29 is 14.3 Å². The van der Waals surface area contributed by atoms with Gasteiger partial charge in [0, 0.05) is 29.8 Å². The van der Waals surface area contributed by atoms with Crippen molar-refractivity contribution in [2.24, 2.45) is 0 Å². The van der Waals surface area contributed by atoms with Gasteiger partial charge in [0.05, 0.1) is 0 Å². The second-order valence-electron chi connectivity index (χ2n) is 6.82. The number of aryl methyl sites for hydroxylation is 1. The average molecular weight is 402 g/mol. The van der Waals surface area contributed by atoms with Crippen LogP contribution in [0.25, 0.3) is 0 Å². The Morgan fingerprint density at radius 1 is 1.14 bits per heavy atom. The van der Waals surface area contributed by atoms with Crippen LogP contribution in [0.2, 0.25) is 5.02 Å². The fraction of sp³-hybridized carbons (Fsp3) is 0.333. The van der Waals surface area contributed by atoms with E-state index in [1.165, 1.54) is 0 Å². The molecule has 0 unspecified atom stereocenters. The van der Waals surface area contributed by atoms with Crippen LogP contribution < -0.4 is 15.4 Å². The number of amides is 3. The Balaban J connectivity index is 1.39. The number of hydrogen-bond acceptors (Lipinski definition) is 3. The molecule has 0 atom stereocenters. The molecule has 1 saturated heterocycles. The van der Waals surface area contributed by atoms with Crippen LogP contribution in [-0.4, -0.2) is 42.6 Å². The molecule has 7 heteroatoms. The molecular weight excluding hydrogens is 378 g/mol. The molecule has 0 bridgehead atoms. The molecule has 0 spiro atoms. The van der Waals surface area contributed by atoms with Gasteiger partial charge in [0.2, 0.25) is 0 Å². The maximum Gasteiger partial charge on any atom is 0.321 e. The van der Waals surface area contributed by atoms with Crippen LogP contribution in [0.5, 0.6) is 5.75 Å². The summed E-state index contributed by atoms with van der Waals surface area (Å²) in [6.07, 6.45) is 1.43. The van der Waals surface area contributed by atoms with E-state index >= 15 is 0 Å². The molecule has 0 radical (unpaired) electrons. The topological polar surface area (TPSA) is 70.7 Å². The highest BCUT2D eigenvalue weighted by Gasteiger charge is 2.24. The van der Waals surface area contributed by atoms with Gasteiger partial charge in [0.1, 0.15) is 5.75 Å². The Morgan fingerprint density at radius 3 is 2.54 bits per heavy atom. The Morgan fingerprint density at radius 2 is 1.86 bits per heavy atom. The third-order valence-electron chi connectivity index (χ3n) is 4.67. The van der Waals surface area contributed by atoms with Crippen LogP contribution in [0.15, 0.2) is 48.5 Å². The molecule has 6 nitrogen and oxygen atoms in total. The highest BCUT2D eigenvalue weighted by molar-refractivity contribution is 6.31. The number of likely N-dealkylation sites (tertiary alicyclic amines) is 1. The smallest absolute Gasteiger partial charge is 0.321 e. The number of rotatable bonds is 5. The number of nitrogens with one attached hydrogen (secondary N) is 2. The summed E-state index contributed by atoms with van der Waals surface area (Å²) in [6, 6.07) is 14.6. The second kappa shape index (κ2) is 9.46. The molecule has 1 fully saturated rings. The van der Waals surface area contributed by atoms with Crippen LogP contribution in [0.3, 0.4) is 0 Å². The van der Waals surface area contributed by atoms with Crippen molar-refractivity contribution >= 4 is 29.2 Å². The van der Waals surface area contributed by atoms with Gasteiger partial charge in [0.25, 0.3) is 5.91 Å². The number of benzene rings is 2. The van der Waals surface area contributed by atoms with Gasteiger partial charge in [-0.25, -0.2) is 4.79 Å². The van der Waals surface area contributed by atoms with Crippen LogP contribution in [0.4, 0.5) is 10.5 Å². The molecule has 1 aliphatic rings. The minimum Gasteiger partial charge on any atom is -0.484 e. The molecule has 3 rings (SSSR count). The van der Waals surface area contributed by atoms with Gasteiger partial charge in [-0.3, -0.25) is 4.79 Å². The lowest BCUT2D eigenvalue weighted by Crippen LogP contribution is -2.48. The van der Waals surface area contributed by atoms with E-state index in [2.05, 4.69) is 10.6 Å². The minimum absolute atomic E-state index is 0.0452. The summed E-state index contributed by atoms with van der Waals surface area (Å²) < 4.78 is 5.53. The number of urea groups is 1. The zero-order chi connectivity index (χ0) is 19.9. The highest BCUT2D eigenvalue weighted by Crippen LogP contribution is 2.21. The SMILES string of the molecule is Cc1cc(OCC(=O)NC2CCN(C(=O)Nc3ccccc3)CC2)ccc1Cl. The number of nitrogens with zero attached hydrogens (tertiary/aromatic N) is 1. The zero-order valence-corrected chi connectivity index (χ0v) is 16.5. The molecule has 148 valence electrons. The summed E-state index contributed by atoms with van der Waals surface area (Å²) >= 11 is 5.98. The number of para-hydroxylation sites is 1. The summed E-state index contributed by atoms with van der Waals surface area (Å²) in [4.78, 5) is 26.2. The molecule has 2 aromatic carbocycles. The van der Waals surface area contributed by atoms with E-state index in [1.807, 2.05) is 37.3 Å². The lowest BCUT2D eigenvalue weighted by atomic mass is 10.1. The number of halogens is 1. The number of anilines is 1. The number of carbonyl (C=O) groups excluding carboxylic acids is 2. The fourth-order valence-electron chi connectivity index (χ4n) is 3.08. The number of hydrogen-bond donors (Lipinski definition) is 2. The van der Waals surface area contributed by atoms with Crippen LogP contribution in [-0.2, 0) is 4.79 Å². The molecule has 1 heterocycles. The molecule has 2 aromatic rings. The van der Waals surface area contributed by atoms with Gasteiger partial charge < -0.3 is 20.3 Å². The fourth-order valence-corrected chi connectivity index (χ4v) is 3.19. The molecule has 0 saturated carbocycles. The second-order valence-corrected chi connectivity index (χ2v) is 7.23. The minimum atomic E-state index is -0.167. The van der Waals surface area contributed by atoms with Crippen LogP contribution in [0, 0.1) is 6.92 Å². The van der Waals surface area contributed by atoms with Crippen molar-refractivity contribution in [2.45, 2.75) is 25.8 Å². The van der Waals surface area contributed by atoms with Crippen LogP contribution >= 0.6 is 11.6 Å². The summed E-state index contributed by atoms with van der Waals surface area (Å²) in [5.41, 5.74) is 1.68. The predicted octanol–water partition coefficient (Wildman–Crippen LogP) is 3.84. The van der Waals surface area contributed by atoms with Crippen molar-refractivity contribution in [3.63, 3.8) is 0 Å². The van der Waals surface area contributed by atoms with Crippen molar-refractivity contribution in [1.29, 1.82) is 0 Å². The van der Waals surface area contributed by atoms with E-state index in [0.29, 0.717) is 36.7 Å². The monoisotopic (exact) mass is 401 g/mol. The molecule has 3 amide bonds. The number of carbonyl (C=O) groups is 2. The number of piperidine rings is 1. The van der Waals surface area contributed by atoms with E-state index in [1.54, 1.807) is 23.1 Å². The Kier molecular flexibility index (Phi) is 6.76. The first kappa shape index (κ1) is 20.0. The standard InChI is InChI=1S/C21H24ClN3O3/c1-15-13-18(7-8-19(15)22)28-14-20(26)23-17-9-11-25(12-10-17)21(27)24-16-5-3-2-4-6-16/h2-8,13,17H,9-12,14H2,1H3,(H,23,26)(H,24,27). The lowest BCUT2D eigenvalue weighted by molar-refractivity contribution is -0.124. The Bertz CT molecular complexity index is 821. The molecular formula is C21H24ClN3O3. The molecule has 0 aliphatic carbocycles. The Labute approximate surface area is 169 Å². The third-order valence-corrected chi connectivity index (χ3v) is 5.10. The molecule has 0 aromatic heterocycles. The van der Waals surface area contributed by atoms with Crippen molar-refractivity contribution in [1.82, 2.24) is 10.2 Å². The molecule has 28 heavy (non-hydrogen) atoms. The van der Waals surface area contributed by atoms with Crippen molar-refractivity contribution in [3.8, 4) is 5.75 Å². The first-order valence-corrected chi connectivity index (χ1v) is 9.68. The van der Waals surface area contributed by atoms with E-state index in [0.717, 1.165) is 11.3 Å². The van der Waals surface area contributed by atoms with Gasteiger partial charge in [-0.2, -0.15) is 0 Å². The van der Waals surface area contributed by atoms with Gasteiger partial charge in [-0.1, -0.05) is 29.8 Å². The van der Waals surface area contributed by atoms with E-state index < -0.39 is 0 Å². The van der Waals surface area contributed by atoms with Gasteiger partial charge >= 0.3 is 6.03 Å². The van der Waals surface area contributed by atoms with Crippen molar-refractivity contribution in [2.75, 3.05) is 25.0 Å².